The Hall–Kier alpha value is -3.45. The van der Waals surface area contributed by atoms with Crippen molar-refractivity contribution in [1.82, 2.24) is 9.55 Å². The van der Waals surface area contributed by atoms with Gasteiger partial charge in [-0.25, -0.2) is 4.98 Å². The van der Waals surface area contributed by atoms with Gasteiger partial charge in [0.15, 0.2) is 0 Å². The van der Waals surface area contributed by atoms with Gasteiger partial charge in [0.25, 0.3) is 0 Å². The summed E-state index contributed by atoms with van der Waals surface area (Å²) in [6.45, 7) is 3.23. The Labute approximate surface area is 216 Å². The fourth-order valence-corrected chi connectivity index (χ4v) is 4.52. The van der Waals surface area contributed by atoms with Crippen LogP contribution in [0.4, 0.5) is 13.2 Å². The van der Waals surface area contributed by atoms with Crippen molar-refractivity contribution in [3.05, 3.63) is 124 Å². The van der Waals surface area contributed by atoms with Crippen LogP contribution in [-0.2, 0) is 29.0 Å². The number of rotatable bonds is 6. The van der Waals surface area contributed by atoms with Gasteiger partial charge in [-0.15, -0.1) is 5.73 Å². The summed E-state index contributed by atoms with van der Waals surface area (Å²) in [4.78, 5) is 5.26. The van der Waals surface area contributed by atoms with Crippen LogP contribution in [0.2, 0.25) is 0 Å². The first-order valence-electron chi connectivity index (χ1n) is 11.6. The van der Waals surface area contributed by atoms with Crippen LogP contribution in [0, 0.1) is 5.92 Å². The molecule has 1 heterocycles. The lowest BCUT2D eigenvalue weighted by Gasteiger charge is -2.13. The van der Waals surface area contributed by atoms with E-state index < -0.39 is 28.1 Å². The summed E-state index contributed by atoms with van der Waals surface area (Å²) in [5.41, 5.74) is 3.62. The quantitative estimate of drug-likeness (QED) is 0.457. The number of allylic oxidation sites excluding steroid dienone is 10. The fourth-order valence-electron chi connectivity index (χ4n) is 3.98. The van der Waals surface area contributed by atoms with Crippen molar-refractivity contribution in [1.29, 1.82) is 0 Å². The summed E-state index contributed by atoms with van der Waals surface area (Å²) in [5, 5.41) is 10.6. The smallest absolute Gasteiger partial charge is 0.384 e. The van der Waals surface area contributed by atoms with E-state index in [4.69, 9.17) is 0 Å². The largest absolute Gasteiger partial charge is 0.416 e. The Morgan fingerprint density at radius 2 is 1.97 bits per heavy atom. The lowest BCUT2D eigenvalue weighted by molar-refractivity contribution is -0.137. The number of aliphatic hydroxyl groups is 1. The van der Waals surface area contributed by atoms with Crippen LogP contribution in [-0.4, -0.2) is 25.1 Å². The third kappa shape index (κ3) is 6.46. The number of halogens is 3. The van der Waals surface area contributed by atoms with Gasteiger partial charge < -0.3 is 9.67 Å². The number of aromatic nitrogens is 2. The third-order valence-electron chi connectivity index (χ3n) is 5.98. The average Bonchev–Trinajstić information content (AvgIpc) is 2.99. The molecule has 0 radical (unpaired) electrons. The highest BCUT2D eigenvalue weighted by Gasteiger charge is 2.30. The van der Waals surface area contributed by atoms with Crippen molar-refractivity contribution in [2.24, 2.45) is 5.92 Å². The van der Waals surface area contributed by atoms with Gasteiger partial charge in [0.2, 0.25) is 0 Å². The van der Waals surface area contributed by atoms with Gasteiger partial charge in [-0.05, 0) is 61.4 Å². The molecule has 0 saturated heterocycles. The zero-order chi connectivity index (χ0) is 26.8. The molecule has 1 N–H and O–H groups in total. The fraction of sp³-hybridized carbons (Fsp3) is 0.241. The number of nitrogens with zero attached hydrogens (tertiary/aromatic N) is 2. The molecular weight excluding hydrogens is 497 g/mol. The van der Waals surface area contributed by atoms with Crippen molar-refractivity contribution < 1.29 is 22.5 Å². The predicted molar refractivity (Wildman–Crippen MR) is 141 cm³/mol. The SMILES string of the molecule is CS(=O)C1=CC(C2C=CC=C(n3cc(C(C)(C)O)nc3Cc3cccc(C(F)(F)F)c3)C=C2)=CC=C=C1. The third-order valence-corrected chi connectivity index (χ3v) is 6.88. The van der Waals surface area contributed by atoms with Crippen molar-refractivity contribution in [2.75, 3.05) is 6.26 Å². The van der Waals surface area contributed by atoms with E-state index in [0.717, 1.165) is 23.4 Å². The van der Waals surface area contributed by atoms with Gasteiger partial charge in [0.1, 0.15) is 11.4 Å². The van der Waals surface area contributed by atoms with Crippen LogP contribution in [0.25, 0.3) is 5.70 Å². The molecule has 2 aliphatic rings. The monoisotopic (exact) mass is 524 g/mol. The number of hydrogen-bond acceptors (Lipinski definition) is 3. The molecule has 0 saturated carbocycles. The molecule has 192 valence electrons. The Morgan fingerprint density at radius 3 is 2.68 bits per heavy atom. The minimum Gasteiger partial charge on any atom is -0.384 e. The highest BCUT2D eigenvalue weighted by molar-refractivity contribution is 7.88. The van der Waals surface area contributed by atoms with E-state index in [-0.39, 0.29) is 12.3 Å². The van der Waals surface area contributed by atoms with Crippen molar-refractivity contribution in [3.63, 3.8) is 0 Å². The van der Waals surface area contributed by atoms with Crippen LogP contribution in [0.1, 0.15) is 36.5 Å². The van der Waals surface area contributed by atoms with Gasteiger partial charge in [-0.2, -0.15) is 13.2 Å². The zero-order valence-corrected chi connectivity index (χ0v) is 21.5. The van der Waals surface area contributed by atoms with Crippen molar-refractivity contribution >= 4 is 16.5 Å². The Morgan fingerprint density at radius 1 is 1.19 bits per heavy atom. The van der Waals surface area contributed by atoms with Crippen molar-refractivity contribution in [2.45, 2.75) is 32.0 Å². The van der Waals surface area contributed by atoms with Gasteiger partial charge in [-0.1, -0.05) is 42.5 Å². The lowest BCUT2D eigenvalue weighted by Crippen LogP contribution is -2.16. The average molecular weight is 525 g/mol. The normalized spacial score (nSPS) is 18.7. The summed E-state index contributed by atoms with van der Waals surface area (Å²) in [6.07, 6.45) is 16.0. The topological polar surface area (TPSA) is 55.1 Å². The highest BCUT2D eigenvalue weighted by atomic mass is 32.2. The second-order valence-electron chi connectivity index (χ2n) is 9.35. The number of alkyl halides is 3. The van der Waals surface area contributed by atoms with Gasteiger partial charge in [0.05, 0.1) is 22.1 Å². The van der Waals surface area contributed by atoms with E-state index in [2.05, 4.69) is 10.7 Å². The van der Waals surface area contributed by atoms with Gasteiger partial charge in [0, 0.05) is 35.4 Å². The van der Waals surface area contributed by atoms with Gasteiger partial charge >= 0.3 is 6.18 Å². The molecular formula is C29H27F3N2O2S. The van der Waals surface area contributed by atoms with Crippen LogP contribution in [0.5, 0.6) is 0 Å². The minimum atomic E-state index is -4.44. The highest BCUT2D eigenvalue weighted by Crippen LogP contribution is 2.31. The van der Waals surface area contributed by atoms with E-state index >= 15 is 0 Å². The molecule has 0 bridgehead atoms. The molecule has 2 aromatic rings. The summed E-state index contributed by atoms with van der Waals surface area (Å²) in [7, 11) is -1.15. The number of hydrogen-bond donors (Lipinski definition) is 1. The molecule has 2 aliphatic carbocycles. The Balaban J connectivity index is 1.68. The molecule has 8 heteroatoms. The number of imidazole rings is 1. The molecule has 1 aromatic heterocycles. The molecule has 1 aromatic carbocycles. The summed E-state index contributed by atoms with van der Waals surface area (Å²) in [6, 6.07) is 5.18. The van der Waals surface area contributed by atoms with Crippen LogP contribution < -0.4 is 0 Å². The van der Waals surface area contributed by atoms with E-state index in [0.29, 0.717) is 22.0 Å². The van der Waals surface area contributed by atoms with Crippen LogP contribution in [0.15, 0.2) is 101 Å². The van der Waals surface area contributed by atoms with E-state index in [9.17, 15) is 22.5 Å². The van der Waals surface area contributed by atoms with E-state index in [1.54, 1.807) is 49.1 Å². The molecule has 0 amide bonds. The lowest BCUT2D eigenvalue weighted by atomic mass is 9.97. The first-order valence-corrected chi connectivity index (χ1v) is 13.2. The second kappa shape index (κ2) is 10.5. The molecule has 0 fully saturated rings. The van der Waals surface area contributed by atoms with Crippen LogP contribution >= 0.6 is 0 Å². The van der Waals surface area contributed by atoms with E-state index in [1.165, 1.54) is 6.07 Å². The van der Waals surface area contributed by atoms with E-state index in [1.807, 2.05) is 42.5 Å². The second-order valence-corrected chi connectivity index (χ2v) is 10.7. The molecule has 37 heavy (non-hydrogen) atoms. The molecule has 0 aliphatic heterocycles. The molecule has 2 atom stereocenters. The predicted octanol–water partition coefficient (Wildman–Crippen LogP) is 6.22. The first kappa shape index (κ1) is 26.6. The Bertz CT molecular complexity index is 1440. The molecule has 2 unspecified atom stereocenters. The minimum absolute atomic E-state index is 0.0963. The first-order chi connectivity index (χ1) is 17.4. The van der Waals surface area contributed by atoms with Crippen LogP contribution in [0.3, 0.4) is 0 Å². The Kier molecular flexibility index (Phi) is 7.55. The molecule has 4 nitrogen and oxygen atoms in total. The maximum atomic E-state index is 13.3. The standard InChI is InChI=1S/C29H27F3N2O2S/c1-28(2,35)26-19-34(27(33-26)17-20-8-6-11-23(16-20)29(30,31)32)24-12-7-10-21(14-15-24)22-9-4-5-13-25(18-22)37(3)36/h4,6-16,18-19,21,35H,17H2,1-3H3. The summed E-state index contributed by atoms with van der Waals surface area (Å²) >= 11 is 0. The molecule has 4 rings (SSSR count). The summed E-state index contributed by atoms with van der Waals surface area (Å²) < 4.78 is 53.6. The van der Waals surface area contributed by atoms with Crippen molar-refractivity contribution in [3.8, 4) is 0 Å². The van der Waals surface area contributed by atoms with Gasteiger partial charge in [-0.3, -0.25) is 4.21 Å². The number of benzene rings is 1. The maximum absolute atomic E-state index is 13.3. The maximum Gasteiger partial charge on any atom is 0.416 e. The summed E-state index contributed by atoms with van der Waals surface area (Å²) in [5.74, 6) is 0.407. The molecule has 0 spiro atoms. The zero-order valence-electron chi connectivity index (χ0n) is 20.7.